The fourth-order valence-electron chi connectivity index (χ4n) is 2.57. The second-order valence-electron chi connectivity index (χ2n) is 6.51. The number of benzene rings is 1. The number of aliphatic hydroxyl groups is 1. The highest BCUT2D eigenvalue weighted by atomic mass is 16.6. The molecule has 1 aromatic carbocycles. The standard InChI is InChI=1S/C16H25N3O3/c1-16(2,3)22-15(21)19-9-8-18(10-12(19)11-20)14-7-5-4-6-13(14)17/h4-7,12,20H,8-11,17H2,1-3H3. The van der Waals surface area contributed by atoms with E-state index < -0.39 is 5.60 Å². The summed E-state index contributed by atoms with van der Waals surface area (Å²) in [7, 11) is 0. The van der Waals surface area contributed by atoms with Gasteiger partial charge in [-0.1, -0.05) is 12.1 Å². The highest BCUT2D eigenvalue weighted by Crippen LogP contribution is 2.25. The second kappa shape index (κ2) is 6.44. The Morgan fingerprint density at radius 3 is 2.64 bits per heavy atom. The number of para-hydroxylation sites is 2. The maximum absolute atomic E-state index is 12.2. The fraction of sp³-hybridized carbons (Fsp3) is 0.562. The van der Waals surface area contributed by atoms with Crippen LogP contribution in [0.25, 0.3) is 0 Å². The van der Waals surface area contributed by atoms with Crippen molar-refractivity contribution >= 4 is 17.5 Å². The molecule has 1 aliphatic rings. The SMILES string of the molecule is CC(C)(C)OC(=O)N1CCN(c2ccccc2N)CC1CO. The largest absolute Gasteiger partial charge is 0.444 e. The maximum atomic E-state index is 12.2. The van der Waals surface area contributed by atoms with E-state index in [0.717, 1.165) is 5.69 Å². The summed E-state index contributed by atoms with van der Waals surface area (Å²) in [5, 5.41) is 9.64. The van der Waals surface area contributed by atoms with Crippen LogP contribution in [0.15, 0.2) is 24.3 Å². The predicted octanol–water partition coefficient (Wildman–Crippen LogP) is 1.69. The van der Waals surface area contributed by atoms with Crippen LogP contribution in [0, 0.1) is 0 Å². The first-order valence-corrected chi connectivity index (χ1v) is 7.52. The average molecular weight is 307 g/mol. The molecule has 1 saturated heterocycles. The summed E-state index contributed by atoms with van der Waals surface area (Å²) in [6.45, 7) is 7.07. The van der Waals surface area contributed by atoms with Crippen molar-refractivity contribution in [3.8, 4) is 0 Å². The van der Waals surface area contributed by atoms with Crippen molar-refractivity contribution in [3.05, 3.63) is 24.3 Å². The number of nitrogens with two attached hydrogens (primary N) is 1. The molecular formula is C16H25N3O3. The number of hydrogen-bond donors (Lipinski definition) is 2. The molecule has 0 spiro atoms. The molecule has 2 rings (SSSR count). The lowest BCUT2D eigenvalue weighted by Gasteiger charge is -2.42. The maximum Gasteiger partial charge on any atom is 0.410 e. The van der Waals surface area contributed by atoms with Crippen molar-refractivity contribution in [2.75, 3.05) is 36.9 Å². The summed E-state index contributed by atoms with van der Waals surface area (Å²) >= 11 is 0. The molecule has 1 unspecified atom stereocenters. The van der Waals surface area contributed by atoms with Gasteiger partial charge in [-0.2, -0.15) is 0 Å². The molecule has 0 aromatic heterocycles. The molecule has 22 heavy (non-hydrogen) atoms. The molecule has 1 fully saturated rings. The molecule has 6 heteroatoms. The first-order valence-electron chi connectivity index (χ1n) is 7.52. The van der Waals surface area contributed by atoms with Crippen LogP contribution in [-0.4, -0.2) is 54.0 Å². The van der Waals surface area contributed by atoms with Gasteiger partial charge in [0.2, 0.25) is 0 Å². The van der Waals surface area contributed by atoms with Gasteiger partial charge < -0.3 is 20.5 Å². The Morgan fingerprint density at radius 2 is 2.05 bits per heavy atom. The first kappa shape index (κ1) is 16.4. The number of amides is 1. The summed E-state index contributed by atoms with van der Waals surface area (Å²) in [5.74, 6) is 0. The van der Waals surface area contributed by atoms with Gasteiger partial charge in [0.25, 0.3) is 0 Å². The minimum Gasteiger partial charge on any atom is -0.444 e. The molecule has 1 aliphatic heterocycles. The van der Waals surface area contributed by atoms with E-state index in [2.05, 4.69) is 4.90 Å². The van der Waals surface area contributed by atoms with E-state index in [9.17, 15) is 9.90 Å². The third-order valence-electron chi connectivity index (χ3n) is 3.60. The second-order valence-corrected chi connectivity index (χ2v) is 6.51. The van der Waals surface area contributed by atoms with E-state index in [1.807, 2.05) is 45.0 Å². The Hall–Kier alpha value is -1.95. The molecule has 0 aliphatic carbocycles. The van der Waals surface area contributed by atoms with Gasteiger partial charge in [-0.3, -0.25) is 4.90 Å². The molecule has 0 bridgehead atoms. The van der Waals surface area contributed by atoms with Gasteiger partial charge in [-0.05, 0) is 32.9 Å². The molecular weight excluding hydrogens is 282 g/mol. The van der Waals surface area contributed by atoms with Crippen molar-refractivity contribution in [3.63, 3.8) is 0 Å². The Bertz CT molecular complexity index is 528. The van der Waals surface area contributed by atoms with Crippen molar-refractivity contribution in [2.24, 2.45) is 0 Å². The van der Waals surface area contributed by atoms with Crippen LogP contribution in [0.3, 0.4) is 0 Å². The summed E-state index contributed by atoms with van der Waals surface area (Å²) in [5.41, 5.74) is 7.10. The number of ether oxygens (including phenoxy) is 1. The van der Waals surface area contributed by atoms with Crippen molar-refractivity contribution in [1.82, 2.24) is 4.90 Å². The predicted molar refractivity (Wildman–Crippen MR) is 86.9 cm³/mol. The molecule has 0 saturated carbocycles. The lowest BCUT2D eigenvalue weighted by atomic mass is 10.1. The third-order valence-corrected chi connectivity index (χ3v) is 3.60. The first-order chi connectivity index (χ1) is 10.3. The zero-order chi connectivity index (χ0) is 16.3. The number of anilines is 2. The number of nitrogens with zero attached hydrogens (tertiary/aromatic N) is 2. The molecule has 122 valence electrons. The Morgan fingerprint density at radius 1 is 1.36 bits per heavy atom. The van der Waals surface area contributed by atoms with E-state index in [0.29, 0.717) is 25.3 Å². The van der Waals surface area contributed by atoms with Crippen molar-refractivity contribution in [2.45, 2.75) is 32.4 Å². The summed E-state index contributed by atoms with van der Waals surface area (Å²) < 4.78 is 5.41. The monoisotopic (exact) mass is 307 g/mol. The van der Waals surface area contributed by atoms with Crippen LogP contribution in [0.1, 0.15) is 20.8 Å². The molecule has 3 N–H and O–H groups in total. The number of aliphatic hydroxyl groups excluding tert-OH is 1. The summed E-state index contributed by atoms with van der Waals surface area (Å²) in [6.07, 6.45) is -0.382. The molecule has 1 amide bonds. The zero-order valence-corrected chi connectivity index (χ0v) is 13.5. The van der Waals surface area contributed by atoms with Crippen LogP contribution in [0.5, 0.6) is 0 Å². The summed E-state index contributed by atoms with van der Waals surface area (Å²) in [4.78, 5) is 15.9. The van der Waals surface area contributed by atoms with E-state index in [4.69, 9.17) is 10.5 Å². The number of hydrogen-bond acceptors (Lipinski definition) is 5. The van der Waals surface area contributed by atoms with Crippen LogP contribution < -0.4 is 10.6 Å². The highest BCUT2D eigenvalue weighted by molar-refractivity contribution is 5.71. The lowest BCUT2D eigenvalue weighted by Crippen LogP contribution is -2.57. The van der Waals surface area contributed by atoms with Crippen LogP contribution >= 0.6 is 0 Å². The number of carbonyl (C=O) groups is 1. The van der Waals surface area contributed by atoms with E-state index in [1.54, 1.807) is 4.90 Å². The Kier molecular flexibility index (Phi) is 4.81. The van der Waals surface area contributed by atoms with Crippen molar-refractivity contribution in [1.29, 1.82) is 0 Å². The quantitative estimate of drug-likeness (QED) is 0.813. The highest BCUT2D eigenvalue weighted by Gasteiger charge is 2.33. The average Bonchev–Trinajstić information content (AvgIpc) is 2.45. The number of rotatable bonds is 2. The number of piperazine rings is 1. The summed E-state index contributed by atoms with van der Waals surface area (Å²) in [6, 6.07) is 7.32. The molecule has 0 radical (unpaired) electrons. The van der Waals surface area contributed by atoms with Gasteiger partial charge in [0, 0.05) is 19.6 Å². The van der Waals surface area contributed by atoms with Crippen LogP contribution in [0.4, 0.5) is 16.2 Å². The van der Waals surface area contributed by atoms with E-state index in [-0.39, 0.29) is 18.7 Å². The molecule has 1 aromatic rings. The van der Waals surface area contributed by atoms with Gasteiger partial charge in [-0.25, -0.2) is 4.79 Å². The van der Waals surface area contributed by atoms with Crippen LogP contribution in [0.2, 0.25) is 0 Å². The fourth-order valence-corrected chi connectivity index (χ4v) is 2.57. The smallest absolute Gasteiger partial charge is 0.410 e. The Labute approximate surface area is 131 Å². The minimum absolute atomic E-state index is 0.109. The molecule has 1 heterocycles. The Balaban J connectivity index is 2.09. The van der Waals surface area contributed by atoms with E-state index in [1.165, 1.54) is 0 Å². The topological polar surface area (TPSA) is 79.0 Å². The normalized spacial score (nSPS) is 19.2. The number of carbonyl (C=O) groups excluding carboxylic acids is 1. The van der Waals surface area contributed by atoms with E-state index >= 15 is 0 Å². The van der Waals surface area contributed by atoms with Crippen molar-refractivity contribution < 1.29 is 14.6 Å². The minimum atomic E-state index is -0.544. The molecule has 6 nitrogen and oxygen atoms in total. The van der Waals surface area contributed by atoms with Gasteiger partial charge in [-0.15, -0.1) is 0 Å². The zero-order valence-electron chi connectivity index (χ0n) is 13.5. The number of nitrogen functional groups attached to an aromatic ring is 1. The lowest BCUT2D eigenvalue weighted by molar-refractivity contribution is 0.00706. The van der Waals surface area contributed by atoms with Crippen LogP contribution in [-0.2, 0) is 4.74 Å². The third kappa shape index (κ3) is 3.82. The van der Waals surface area contributed by atoms with Gasteiger partial charge >= 0.3 is 6.09 Å². The molecule has 1 atom stereocenters. The van der Waals surface area contributed by atoms with Gasteiger partial charge in [0.05, 0.1) is 24.0 Å². The van der Waals surface area contributed by atoms with Gasteiger partial charge in [0.15, 0.2) is 0 Å². The van der Waals surface area contributed by atoms with Gasteiger partial charge in [0.1, 0.15) is 5.60 Å².